The lowest BCUT2D eigenvalue weighted by Gasteiger charge is -2.22. The van der Waals surface area contributed by atoms with Crippen LogP contribution in [0, 0.1) is 0 Å². The van der Waals surface area contributed by atoms with Crippen molar-refractivity contribution < 1.29 is 14.7 Å². The van der Waals surface area contributed by atoms with Gasteiger partial charge in [-0.25, -0.2) is 0 Å². The predicted molar refractivity (Wildman–Crippen MR) is 72.8 cm³/mol. The number of amides is 2. The van der Waals surface area contributed by atoms with Crippen LogP contribution >= 0.6 is 0 Å². The van der Waals surface area contributed by atoms with Crippen LogP contribution in [0.3, 0.4) is 0 Å². The van der Waals surface area contributed by atoms with Gasteiger partial charge in [0.15, 0.2) is 0 Å². The van der Waals surface area contributed by atoms with Gasteiger partial charge in [-0.15, -0.1) is 0 Å². The Hall–Kier alpha value is -2.24. The van der Waals surface area contributed by atoms with Crippen molar-refractivity contribution >= 4 is 17.5 Å². The van der Waals surface area contributed by atoms with Crippen molar-refractivity contribution in [2.75, 3.05) is 32.9 Å². The molecule has 6 heteroatoms. The molecule has 1 aromatic rings. The minimum atomic E-state index is -0.312. The molecule has 0 aliphatic carbocycles. The SMILES string of the molecule is CCN(CC(=O)N(C)C)C(=O)c1ccc(N)c(O)c1. The van der Waals surface area contributed by atoms with E-state index in [1.54, 1.807) is 21.0 Å². The van der Waals surface area contributed by atoms with Crippen molar-refractivity contribution in [1.82, 2.24) is 9.80 Å². The summed E-state index contributed by atoms with van der Waals surface area (Å²) in [4.78, 5) is 26.7. The zero-order chi connectivity index (χ0) is 14.6. The summed E-state index contributed by atoms with van der Waals surface area (Å²) in [5.74, 6) is -0.608. The van der Waals surface area contributed by atoms with Crippen LogP contribution in [-0.2, 0) is 4.79 Å². The van der Waals surface area contributed by atoms with Crippen molar-refractivity contribution in [1.29, 1.82) is 0 Å². The predicted octanol–water partition coefficient (Wildman–Crippen LogP) is 0.525. The van der Waals surface area contributed by atoms with Gasteiger partial charge in [0.1, 0.15) is 5.75 Å². The Morgan fingerprint density at radius 2 is 1.95 bits per heavy atom. The molecule has 0 aliphatic rings. The highest BCUT2D eigenvalue weighted by Gasteiger charge is 2.18. The molecule has 0 saturated carbocycles. The highest BCUT2D eigenvalue weighted by Crippen LogP contribution is 2.21. The number of nitrogen functional groups attached to an aromatic ring is 1. The van der Waals surface area contributed by atoms with E-state index in [0.29, 0.717) is 12.1 Å². The second kappa shape index (κ2) is 6.08. The number of phenolic OH excluding ortho intramolecular Hbond substituents is 1. The molecule has 0 heterocycles. The van der Waals surface area contributed by atoms with Crippen LogP contribution < -0.4 is 5.73 Å². The molecule has 1 aromatic carbocycles. The first-order chi connectivity index (χ1) is 8.86. The van der Waals surface area contributed by atoms with Gasteiger partial charge < -0.3 is 20.6 Å². The van der Waals surface area contributed by atoms with Gasteiger partial charge in [-0.1, -0.05) is 0 Å². The number of phenols is 1. The highest BCUT2D eigenvalue weighted by molar-refractivity contribution is 5.97. The maximum absolute atomic E-state index is 12.2. The first-order valence-corrected chi connectivity index (χ1v) is 5.94. The van der Waals surface area contributed by atoms with Gasteiger partial charge in [-0.2, -0.15) is 0 Å². The van der Waals surface area contributed by atoms with E-state index in [4.69, 9.17) is 5.73 Å². The summed E-state index contributed by atoms with van der Waals surface area (Å²) in [6, 6.07) is 4.30. The second-order valence-electron chi connectivity index (χ2n) is 4.38. The lowest BCUT2D eigenvalue weighted by Crippen LogP contribution is -2.40. The highest BCUT2D eigenvalue weighted by atomic mass is 16.3. The summed E-state index contributed by atoms with van der Waals surface area (Å²) in [5.41, 5.74) is 6.00. The third-order valence-corrected chi connectivity index (χ3v) is 2.77. The molecule has 104 valence electrons. The minimum absolute atomic E-state index is 0.00741. The normalized spacial score (nSPS) is 10.1. The number of hydrogen-bond donors (Lipinski definition) is 2. The summed E-state index contributed by atoms with van der Waals surface area (Å²) in [7, 11) is 3.27. The van der Waals surface area contributed by atoms with Gasteiger partial charge in [-0.3, -0.25) is 9.59 Å². The van der Waals surface area contributed by atoms with Crippen LogP contribution in [-0.4, -0.2) is 53.9 Å². The molecule has 0 bridgehead atoms. The fraction of sp³-hybridized carbons (Fsp3) is 0.385. The summed E-state index contributed by atoms with van der Waals surface area (Å²) >= 11 is 0. The van der Waals surface area contributed by atoms with Crippen LogP contribution in [0.4, 0.5) is 5.69 Å². The van der Waals surface area contributed by atoms with E-state index in [-0.39, 0.29) is 29.8 Å². The van der Waals surface area contributed by atoms with Crippen LogP contribution in [0.15, 0.2) is 18.2 Å². The summed E-state index contributed by atoms with van der Waals surface area (Å²) in [6.07, 6.45) is 0. The Balaban J connectivity index is 2.89. The second-order valence-corrected chi connectivity index (χ2v) is 4.38. The van der Waals surface area contributed by atoms with Crippen LogP contribution in [0.1, 0.15) is 17.3 Å². The monoisotopic (exact) mass is 265 g/mol. The van der Waals surface area contributed by atoms with E-state index < -0.39 is 0 Å². The topological polar surface area (TPSA) is 86.9 Å². The van der Waals surface area contributed by atoms with E-state index >= 15 is 0 Å². The lowest BCUT2D eigenvalue weighted by molar-refractivity contribution is -0.129. The molecule has 19 heavy (non-hydrogen) atoms. The Labute approximate surface area is 112 Å². The van der Waals surface area contributed by atoms with Gasteiger partial charge >= 0.3 is 0 Å². The molecular weight excluding hydrogens is 246 g/mol. The largest absolute Gasteiger partial charge is 0.506 e. The molecule has 0 radical (unpaired) electrons. The average molecular weight is 265 g/mol. The number of carbonyl (C=O) groups is 2. The molecule has 2 amide bonds. The molecule has 0 unspecified atom stereocenters. The van der Waals surface area contributed by atoms with E-state index in [9.17, 15) is 14.7 Å². The molecule has 0 aliphatic heterocycles. The third-order valence-electron chi connectivity index (χ3n) is 2.77. The van der Waals surface area contributed by atoms with Gasteiger partial charge in [0.05, 0.1) is 12.2 Å². The number of benzene rings is 1. The summed E-state index contributed by atoms with van der Waals surface area (Å²) < 4.78 is 0. The molecule has 0 saturated heterocycles. The zero-order valence-corrected chi connectivity index (χ0v) is 11.4. The first kappa shape index (κ1) is 14.8. The van der Waals surface area contributed by atoms with Gasteiger partial charge in [0, 0.05) is 26.2 Å². The van der Waals surface area contributed by atoms with Crippen molar-refractivity contribution in [3.63, 3.8) is 0 Å². The number of likely N-dealkylation sites (N-methyl/N-ethyl adjacent to an activating group) is 2. The molecule has 0 spiro atoms. The van der Waals surface area contributed by atoms with E-state index in [2.05, 4.69) is 0 Å². The maximum Gasteiger partial charge on any atom is 0.254 e. The number of aromatic hydroxyl groups is 1. The Kier molecular flexibility index (Phi) is 4.74. The van der Waals surface area contributed by atoms with Crippen molar-refractivity contribution in [2.24, 2.45) is 0 Å². The van der Waals surface area contributed by atoms with E-state index in [0.717, 1.165) is 0 Å². The standard InChI is InChI=1S/C13H19N3O3/c1-4-16(8-12(18)15(2)3)13(19)9-5-6-10(14)11(17)7-9/h5-7,17H,4,8,14H2,1-3H3. The Morgan fingerprint density at radius 1 is 1.32 bits per heavy atom. The minimum Gasteiger partial charge on any atom is -0.506 e. The van der Waals surface area contributed by atoms with Crippen molar-refractivity contribution in [3.05, 3.63) is 23.8 Å². The molecule has 0 aromatic heterocycles. The number of nitrogens with two attached hydrogens (primary N) is 1. The number of hydrogen-bond acceptors (Lipinski definition) is 4. The third kappa shape index (κ3) is 3.61. The van der Waals surface area contributed by atoms with E-state index in [1.165, 1.54) is 28.0 Å². The lowest BCUT2D eigenvalue weighted by atomic mass is 10.1. The quantitative estimate of drug-likeness (QED) is 0.614. The first-order valence-electron chi connectivity index (χ1n) is 5.94. The molecular formula is C13H19N3O3. The smallest absolute Gasteiger partial charge is 0.254 e. The summed E-state index contributed by atoms with van der Waals surface area (Å²) in [5, 5.41) is 9.50. The number of carbonyl (C=O) groups excluding carboxylic acids is 2. The van der Waals surface area contributed by atoms with Crippen LogP contribution in [0.2, 0.25) is 0 Å². The average Bonchev–Trinajstić information content (AvgIpc) is 2.37. The number of nitrogens with zero attached hydrogens (tertiary/aromatic N) is 2. The molecule has 1 rings (SSSR count). The van der Waals surface area contributed by atoms with Gasteiger partial charge in [0.25, 0.3) is 5.91 Å². The van der Waals surface area contributed by atoms with Crippen molar-refractivity contribution in [3.8, 4) is 5.75 Å². The molecule has 0 fully saturated rings. The molecule has 3 N–H and O–H groups in total. The molecule has 6 nitrogen and oxygen atoms in total. The summed E-state index contributed by atoms with van der Waals surface area (Å²) in [6.45, 7) is 2.20. The fourth-order valence-electron chi connectivity index (χ4n) is 1.49. The van der Waals surface area contributed by atoms with Crippen LogP contribution in [0.25, 0.3) is 0 Å². The number of rotatable bonds is 4. The Bertz CT molecular complexity index is 486. The fourth-order valence-corrected chi connectivity index (χ4v) is 1.49. The number of anilines is 1. The molecule has 0 atom stereocenters. The zero-order valence-electron chi connectivity index (χ0n) is 11.4. The van der Waals surface area contributed by atoms with E-state index in [1.807, 2.05) is 0 Å². The maximum atomic E-state index is 12.2. The van der Waals surface area contributed by atoms with Crippen LogP contribution in [0.5, 0.6) is 5.75 Å². The van der Waals surface area contributed by atoms with Gasteiger partial charge in [-0.05, 0) is 25.1 Å². The Morgan fingerprint density at radius 3 is 2.42 bits per heavy atom. The van der Waals surface area contributed by atoms with Gasteiger partial charge in [0.2, 0.25) is 5.91 Å². The van der Waals surface area contributed by atoms with Crippen molar-refractivity contribution in [2.45, 2.75) is 6.92 Å².